The van der Waals surface area contributed by atoms with Crippen molar-refractivity contribution in [3.05, 3.63) is 23.9 Å². The predicted molar refractivity (Wildman–Crippen MR) is 73.2 cm³/mol. The Morgan fingerprint density at radius 2 is 2.32 bits per heavy atom. The molecular formula is C15H22N2O2. The fourth-order valence-corrected chi connectivity index (χ4v) is 2.53. The van der Waals surface area contributed by atoms with Crippen LogP contribution in [0.1, 0.15) is 38.2 Å². The zero-order valence-corrected chi connectivity index (χ0v) is 11.5. The lowest BCUT2D eigenvalue weighted by atomic mass is 9.96. The van der Waals surface area contributed by atoms with E-state index in [4.69, 9.17) is 9.47 Å². The number of nitrogens with one attached hydrogen (secondary N) is 1. The largest absolute Gasteiger partial charge is 0.474 e. The molecule has 2 heterocycles. The number of ether oxygens (including phenoxy) is 2. The number of hydrogen-bond donors (Lipinski definition) is 1. The minimum absolute atomic E-state index is 0.313. The summed E-state index contributed by atoms with van der Waals surface area (Å²) in [5, 5.41) is 3.55. The lowest BCUT2D eigenvalue weighted by Crippen LogP contribution is -2.34. The van der Waals surface area contributed by atoms with Gasteiger partial charge < -0.3 is 14.8 Å². The Bertz CT molecular complexity index is 420. The van der Waals surface area contributed by atoms with Crippen molar-refractivity contribution in [2.45, 2.75) is 57.4 Å². The monoisotopic (exact) mass is 262 g/mol. The molecule has 0 amide bonds. The fraction of sp³-hybridized carbons (Fsp3) is 0.667. The summed E-state index contributed by atoms with van der Waals surface area (Å²) >= 11 is 0. The van der Waals surface area contributed by atoms with E-state index < -0.39 is 0 Å². The molecule has 2 aliphatic rings. The summed E-state index contributed by atoms with van der Waals surface area (Å²) in [7, 11) is 0. The van der Waals surface area contributed by atoms with Crippen LogP contribution in [-0.4, -0.2) is 29.8 Å². The average molecular weight is 262 g/mol. The van der Waals surface area contributed by atoms with Gasteiger partial charge in [-0.3, -0.25) is 0 Å². The van der Waals surface area contributed by atoms with Crippen molar-refractivity contribution in [3.8, 4) is 5.88 Å². The molecule has 0 aromatic carbocycles. The summed E-state index contributed by atoms with van der Waals surface area (Å²) in [6, 6.07) is 4.55. The second kappa shape index (κ2) is 5.88. The summed E-state index contributed by atoms with van der Waals surface area (Å²) in [5.74, 6) is 0.764. The Kier molecular flexibility index (Phi) is 3.99. The molecule has 1 aromatic rings. The van der Waals surface area contributed by atoms with Crippen LogP contribution in [0.15, 0.2) is 18.3 Å². The van der Waals surface area contributed by atoms with Crippen LogP contribution in [0, 0.1) is 0 Å². The van der Waals surface area contributed by atoms with E-state index in [2.05, 4.69) is 17.2 Å². The van der Waals surface area contributed by atoms with Gasteiger partial charge in [0.15, 0.2) is 0 Å². The molecule has 0 unspecified atom stereocenters. The van der Waals surface area contributed by atoms with Gasteiger partial charge in [0.05, 0.1) is 6.10 Å². The minimum Gasteiger partial charge on any atom is -0.474 e. The Balaban J connectivity index is 1.53. The van der Waals surface area contributed by atoms with Crippen LogP contribution in [0.5, 0.6) is 5.88 Å². The molecule has 4 nitrogen and oxygen atoms in total. The van der Waals surface area contributed by atoms with Crippen molar-refractivity contribution in [1.29, 1.82) is 0 Å². The molecule has 2 fully saturated rings. The summed E-state index contributed by atoms with van der Waals surface area (Å²) in [4.78, 5) is 4.28. The van der Waals surface area contributed by atoms with Crippen LogP contribution >= 0.6 is 0 Å². The first-order valence-corrected chi connectivity index (χ1v) is 7.28. The molecule has 104 valence electrons. The second-order valence-corrected chi connectivity index (χ2v) is 5.53. The molecule has 3 rings (SSSR count). The Hall–Kier alpha value is -1.13. The summed E-state index contributed by atoms with van der Waals surface area (Å²) in [6.07, 6.45) is 7.25. The number of rotatable bonds is 5. The van der Waals surface area contributed by atoms with Gasteiger partial charge in [-0.1, -0.05) is 0 Å². The smallest absolute Gasteiger partial charge is 0.213 e. The molecule has 0 spiro atoms. The maximum atomic E-state index is 5.82. The maximum absolute atomic E-state index is 5.82. The third-order valence-corrected chi connectivity index (χ3v) is 4.08. The van der Waals surface area contributed by atoms with Crippen LogP contribution in [0.4, 0.5) is 0 Å². The van der Waals surface area contributed by atoms with Crippen molar-refractivity contribution >= 4 is 0 Å². The number of aromatic nitrogens is 1. The zero-order valence-electron chi connectivity index (χ0n) is 11.5. The molecule has 1 N–H and O–H groups in total. The molecule has 0 radical (unpaired) electrons. The van der Waals surface area contributed by atoms with Gasteiger partial charge in [-0.25, -0.2) is 4.98 Å². The standard InChI is InChI=1S/C15H22N2O2/c1-11-14(6-8-18-11)17-10-12-5-7-16-15(9-12)19-13-3-2-4-13/h5,7,9,11,13-14,17H,2-4,6,8,10H2,1H3/t11-,14+/m0/s1. The summed E-state index contributed by atoms with van der Waals surface area (Å²) in [6.45, 7) is 3.84. The maximum Gasteiger partial charge on any atom is 0.213 e. The Labute approximate surface area is 114 Å². The normalized spacial score (nSPS) is 27.2. The van der Waals surface area contributed by atoms with E-state index in [1.807, 2.05) is 18.3 Å². The Morgan fingerprint density at radius 1 is 1.42 bits per heavy atom. The van der Waals surface area contributed by atoms with Crippen molar-refractivity contribution < 1.29 is 9.47 Å². The summed E-state index contributed by atoms with van der Waals surface area (Å²) in [5.41, 5.74) is 1.23. The van der Waals surface area contributed by atoms with Crippen LogP contribution in [0.3, 0.4) is 0 Å². The van der Waals surface area contributed by atoms with Crippen LogP contribution in [-0.2, 0) is 11.3 Å². The van der Waals surface area contributed by atoms with E-state index in [-0.39, 0.29) is 0 Å². The van der Waals surface area contributed by atoms with Gasteiger partial charge in [0, 0.05) is 31.5 Å². The first-order valence-electron chi connectivity index (χ1n) is 7.28. The number of hydrogen-bond acceptors (Lipinski definition) is 4. The first-order chi connectivity index (χ1) is 9.31. The molecule has 4 heteroatoms. The van der Waals surface area contributed by atoms with Gasteiger partial charge in [-0.2, -0.15) is 0 Å². The topological polar surface area (TPSA) is 43.4 Å². The van der Waals surface area contributed by atoms with E-state index in [1.54, 1.807) is 0 Å². The molecule has 1 saturated heterocycles. The molecule has 1 aliphatic heterocycles. The average Bonchev–Trinajstić information content (AvgIpc) is 2.78. The van der Waals surface area contributed by atoms with Crippen LogP contribution in [0.2, 0.25) is 0 Å². The van der Waals surface area contributed by atoms with Gasteiger partial charge in [0.1, 0.15) is 6.10 Å². The van der Waals surface area contributed by atoms with Crippen molar-refractivity contribution in [2.24, 2.45) is 0 Å². The van der Waals surface area contributed by atoms with Crippen molar-refractivity contribution in [1.82, 2.24) is 10.3 Å². The Morgan fingerprint density at radius 3 is 3.00 bits per heavy atom. The molecule has 2 atom stereocenters. The van der Waals surface area contributed by atoms with Crippen molar-refractivity contribution in [2.75, 3.05) is 6.61 Å². The predicted octanol–water partition coefficient (Wildman–Crippen LogP) is 2.28. The fourth-order valence-electron chi connectivity index (χ4n) is 2.53. The molecule has 0 bridgehead atoms. The lowest BCUT2D eigenvalue weighted by Gasteiger charge is -2.25. The third-order valence-electron chi connectivity index (χ3n) is 4.08. The molecule has 1 aliphatic carbocycles. The van der Waals surface area contributed by atoms with Gasteiger partial charge in [0.25, 0.3) is 0 Å². The SMILES string of the molecule is C[C@@H]1OCC[C@H]1NCc1ccnc(OC2CCC2)c1. The molecular weight excluding hydrogens is 240 g/mol. The van der Waals surface area contributed by atoms with E-state index in [0.29, 0.717) is 18.2 Å². The van der Waals surface area contributed by atoms with E-state index in [0.717, 1.165) is 25.5 Å². The highest BCUT2D eigenvalue weighted by molar-refractivity contribution is 5.20. The van der Waals surface area contributed by atoms with E-state index >= 15 is 0 Å². The minimum atomic E-state index is 0.313. The lowest BCUT2D eigenvalue weighted by molar-refractivity contribution is 0.112. The number of pyridine rings is 1. The third kappa shape index (κ3) is 3.25. The quantitative estimate of drug-likeness (QED) is 0.884. The highest BCUT2D eigenvalue weighted by Gasteiger charge is 2.23. The van der Waals surface area contributed by atoms with Gasteiger partial charge >= 0.3 is 0 Å². The van der Waals surface area contributed by atoms with Gasteiger partial charge in [0.2, 0.25) is 5.88 Å². The van der Waals surface area contributed by atoms with Crippen LogP contribution in [0.25, 0.3) is 0 Å². The number of nitrogens with zero attached hydrogens (tertiary/aromatic N) is 1. The zero-order chi connectivity index (χ0) is 13.1. The van der Waals surface area contributed by atoms with Crippen LogP contribution < -0.4 is 10.1 Å². The van der Waals surface area contributed by atoms with Gasteiger partial charge in [-0.05, 0) is 44.2 Å². The second-order valence-electron chi connectivity index (χ2n) is 5.53. The molecule has 19 heavy (non-hydrogen) atoms. The van der Waals surface area contributed by atoms with E-state index in [1.165, 1.54) is 24.8 Å². The first kappa shape index (κ1) is 12.9. The van der Waals surface area contributed by atoms with E-state index in [9.17, 15) is 0 Å². The highest BCUT2D eigenvalue weighted by atomic mass is 16.5. The van der Waals surface area contributed by atoms with Crippen molar-refractivity contribution in [3.63, 3.8) is 0 Å². The van der Waals surface area contributed by atoms with Gasteiger partial charge in [-0.15, -0.1) is 0 Å². The molecule has 1 aromatic heterocycles. The summed E-state index contributed by atoms with van der Waals surface area (Å²) < 4.78 is 11.4. The highest BCUT2D eigenvalue weighted by Crippen LogP contribution is 2.24. The molecule has 1 saturated carbocycles.